The minimum Gasteiger partial charge on any atom is -0.326 e. The van der Waals surface area contributed by atoms with Crippen LogP contribution in [0.1, 0.15) is 18.9 Å². The van der Waals surface area contributed by atoms with Gasteiger partial charge >= 0.3 is 0 Å². The van der Waals surface area contributed by atoms with Crippen molar-refractivity contribution in [2.45, 2.75) is 32.9 Å². The Morgan fingerprint density at radius 3 is 2.90 bits per heavy atom. The standard InChI is InChI=1S/C16H19N5/c1-3-13(17)10-21-15(12-5-4-6-18-9-12)20-14-7-11(2)8-19-16(14)21/h4-9,13H,3,10,17H2,1-2H3. The molecule has 0 fully saturated rings. The molecule has 1 unspecified atom stereocenters. The average Bonchev–Trinajstić information content (AvgIpc) is 2.85. The van der Waals surface area contributed by atoms with Crippen molar-refractivity contribution < 1.29 is 0 Å². The number of hydrogen-bond donors (Lipinski definition) is 1. The van der Waals surface area contributed by atoms with Crippen LogP contribution in [0, 0.1) is 6.92 Å². The second-order valence-corrected chi connectivity index (χ2v) is 5.31. The largest absolute Gasteiger partial charge is 0.326 e. The van der Waals surface area contributed by atoms with Crippen LogP contribution < -0.4 is 5.73 Å². The number of rotatable bonds is 4. The summed E-state index contributed by atoms with van der Waals surface area (Å²) < 4.78 is 2.10. The summed E-state index contributed by atoms with van der Waals surface area (Å²) in [5, 5.41) is 0. The maximum atomic E-state index is 6.14. The third-order valence-electron chi connectivity index (χ3n) is 3.58. The quantitative estimate of drug-likeness (QED) is 0.798. The molecule has 0 aliphatic carbocycles. The number of aromatic nitrogens is 4. The summed E-state index contributed by atoms with van der Waals surface area (Å²) in [5.41, 5.74) is 10.0. The molecule has 0 saturated carbocycles. The molecule has 2 N–H and O–H groups in total. The molecule has 5 heteroatoms. The molecule has 3 aromatic heterocycles. The van der Waals surface area contributed by atoms with Gasteiger partial charge in [-0.3, -0.25) is 4.98 Å². The first-order valence-electron chi connectivity index (χ1n) is 7.18. The molecule has 0 saturated heterocycles. The fourth-order valence-electron chi connectivity index (χ4n) is 2.36. The van der Waals surface area contributed by atoms with E-state index in [0.717, 1.165) is 34.5 Å². The van der Waals surface area contributed by atoms with Gasteiger partial charge in [-0.15, -0.1) is 0 Å². The first kappa shape index (κ1) is 13.7. The first-order valence-corrected chi connectivity index (χ1v) is 7.18. The first-order chi connectivity index (χ1) is 10.2. The van der Waals surface area contributed by atoms with Gasteiger partial charge in [0.15, 0.2) is 5.65 Å². The van der Waals surface area contributed by atoms with Gasteiger partial charge in [-0.1, -0.05) is 6.92 Å². The lowest BCUT2D eigenvalue weighted by Gasteiger charge is -2.13. The van der Waals surface area contributed by atoms with E-state index < -0.39 is 0 Å². The lowest BCUT2D eigenvalue weighted by atomic mass is 10.2. The van der Waals surface area contributed by atoms with E-state index >= 15 is 0 Å². The summed E-state index contributed by atoms with van der Waals surface area (Å²) >= 11 is 0. The third-order valence-corrected chi connectivity index (χ3v) is 3.58. The van der Waals surface area contributed by atoms with Crippen molar-refractivity contribution in [3.63, 3.8) is 0 Å². The summed E-state index contributed by atoms with van der Waals surface area (Å²) in [4.78, 5) is 13.5. The Morgan fingerprint density at radius 1 is 1.33 bits per heavy atom. The number of aryl methyl sites for hydroxylation is 1. The molecule has 0 aliphatic rings. The van der Waals surface area contributed by atoms with Crippen LogP contribution in [0.4, 0.5) is 0 Å². The normalized spacial score (nSPS) is 12.7. The monoisotopic (exact) mass is 281 g/mol. The molecule has 0 aliphatic heterocycles. The summed E-state index contributed by atoms with van der Waals surface area (Å²) in [6.45, 7) is 4.81. The van der Waals surface area contributed by atoms with Crippen LogP contribution in [-0.2, 0) is 6.54 Å². The molecule has 1 atom stereocenters. The van der Waals surface area contributed by atoms with E-state index in [2.05, 4.69) is 27.5 Å². The number of pyridine rings is 2. The van der Waals surface area contributed by atoms with Crippen LogP contribution in [0.3, 0.4) is 0 Å². The van der Waals surface area contributed by atoms with Gasteiger partial charge in [-0.05, 0) is 37.1 Å². The predicted molar refractivity (Wildman–Crippen MR) is 83.8 cm³/mol. The minimum absolute atomic E-state index is 0.0842. The second kappa shape index (κ2) is 5.61. The zero-order valence-electron chi connectivity index (χ0n) is 12.3. The van der Waals surface area contributed by atoms with E-state index in [9.17, 15) is 0 Å². The highest BCUT2D eigenvalue weighted by Gasteiger charge is 2.15. The van der Waals surface area contributed by atoms with Crippen molar-refractivity contribution in [3.8, 4) is 11.4 Å². The van der Waals surface area contributed by atoms with Gasteiger partial charge < -0.3 is 10.3 Å². The van der Waals surface area contributed by atoms with Crippen molar-refractivity contribution in [2.24, 2.45) is 5.73 Å². The molecule has 0 radical (unpaired) electrons. The van der Waals surface area contributed by atoms with Gasteiger partial charge in [-0.25, -0.2) is 9.97 Å². The average molecular weight is 281 g/mol. The molecule has 108 valence electrons. The Kier molecular flexibility index (Phi) is 3.66. The molecule has 21 heavy (non-hydrogen) atoms. The fraction of sp³-hybridized carbons (Fsp3) is 0.312. The van der Waals surface area contributed by atoms with Gasteiger partial charge in [0, 0.05) is 36.7 Å². The van der Waals surface area contributed by atoms with E-state index in [1.807, 2.05) is 31.5 Å². The molecule has 5 nitrogen and oxygen atoms in total. The highest BCUT2D eigenvalue weighted by Crippen LogP contribution is 2.24. The zero-order chi connectivity index (χ0) is 14.8. The second-order valence-electron chi connectivity index (χ2n) is 5.31. The maximum Gasteiger partial charge on any atom is 0.160 e. The van der Waals surface area contributed by atoms with Crippen molar-refractivity contribution in [1.82, 2.24) is 19.5 Å². The summed E-state index contributed by atoms with van der Waals surface area (Å²) in [5.74, 6) is 0.875. The highest BCUT2D eigenvalue weighted by atomic mass is 15.1. The lowest BCUT2D eigenvalue weighted by Crippen LogP contribution is -2.25. The zero-order valence-corrected chi connectivity index (χ0v) is 12.3. The van der Waals surface area contributed by atoms with E-state index in [4.69, 9.17) is 10.7 Å². The topological polar surface area (TPSA) is 69.6 Å². The smallest absolute Gasteiger partial charge is 0.160 e. The van der Waals surface area contributed by atoms with Gasteiger partial charge in [0.2, 0.25) is 0 Å². The molecular formula is C16H19N5. The van der Waals surface area contributed by atoms with Crippen LogP contribution in [0.15, 0.2) is 36.8 Å². The van der Waals surface area contributed by atoms with Crippen molar-refractivity contribution >= 4 is 11.2 Å². The number of imidazole rings is 1. The van der Waals surface area contributed by atoms with Crippen molar-refractivity contribution in [2.75, 3.05) is 0 Å². The predicted octanol–water partition coefficient (Wildman–Crippen LogP) is 2.54. The molecule has 3 heterocycles. The number of hydrogen-bond acceptors (Lipinski definition) is 4. The Morgan fingerprint density at radius 2 is 2.19 bits per heavy atom. The SMILES string of the molecule is CCC(N)Cn1c(-c2cccnc2)nc2cc(C)cnc21. The Bertz CT molecular complexity index is 748. The number of nitrogens with zero attached hydrogens (tertiary/aromatic N) is 4. The fourth-order valence-corrected chi connectivity index (χ4v) is 2.36. The van der Waals surface area contributed by atoms with Crippen molar-refractivity contribution in [3.05, 3.63) is 42.4 Å². The van der Waals surface area contributed by atoms with E-state index in [-0.39, 0.29) is 6.04 Å². The van der Waals surface area contributed by atoms with Crippen LogP contribution in [0.5, 0.6) is 0 Å². The van der Waals surface area contributed by atoms with Gasteiger partial charge in [0.05, 0.1) is 0 Å². The molecule has 0 spiro atoms. The maximum absolute atomic E-state index is 6.14. The Balaban J connectivity index is 2.19. The minimum atomic E-state index is 0.0842. The van der Waals surface area contributed by atoms with E-state index in [0.29, 0.717) is 6.54 Å². The van der Waals surface area contributed by atoms with Gasteiger partial charge in [0.1, 0.15) is 11.3 Å². The summed E-state index contributed by atoms with van der Waals surface area (Å²) in [7, 11) is 0. The molecule has 0 aromatic carbocycles. The number of fused-ring (bicyclic) bond motifs is 1. The lowest BCUT2D eigenvalue weighted by molar-refractivity contribution is 0.549. The van der Waals surface area contributed by atoms with Crippen LogP contribution >= 0.6 is 0 Å². The highest BCUT2D eigenvalue weighted by molar-refractivity contribution is 5.77. The molecule has 3 aromatic rings. The molecule has 0 bridgehead atoms. The summed E-state index contributed by atoms with van der Waals surface area (Å²) in [6, 6.07) is 6.06. The van der Waals surface area contributed by atoms with Gasteiger partial charge in [0.25, 0.3) is 0 Å². The third kappa shape index (κ3) is 2.64. The van der Waals surface area contributed by atoms with Gasteiger partial charge in [-0.2, -0.15) is 0 Å². The van der Waals surface area contributed by atoms with Crippen LogP contribution in [0.25, 0.3) is 22.6 Å². The van der Waals surface area contributed by atoms with Crippen LogP contribution in [0.2, 0.25) is 0 Å². The summed E-state index contributed by atoms with van der Waals surface area (Å²) in [6.07, 6.45) is 6.36. The molecule has 0 amide bonds. The molecular weight excluding hydrogens is 262 g/mol. The van der Waals surface area contributed by atoms with E-state index in [1.54, 1.807) is 6.20 Å². The molecule has 3 rings (SSSR count). The van der Waals surface area contributed by atoms with E-state index in [1.165, 1.54) is 0 Å². The Labute approximate surface area is 123 Å². The van der Waals surface area contributed by atoms with Crippen molar-refractivity contribution in [1.29, 1.82) is 0 Å². The van der Waals surface area contributed by atoms with Crippen LogP contribution in [-0.4, -0.2) is 25.6 Å². The Hall–Kier alpha value is -2.27. The number of nitrogens with two attached hydrogens (primary N) is 1.